The van der Waals surface area contributed by atoms with E-state index in [0.717, 1.165) is 38.4 Å². The van der Waals surface area contributed by atoms with Crippen molar-refractivity contribution in [3.8, 4) is 9.88 Å². The lowest BCUT2D eigenvalue weighted by Crippen LogP contribution is -2.18. The summed E-state index contributed by atoms with van der Waals surface area (Å²) >= 11 is 9.49. The summed E-state index contributed by atoms with van der Waals surface area (Å²) in [5, 5.41) is 16.7. The second-order valence-electron chi connectivity index (χ2n) is 4.18. The van der Waals surface area contributed by atoms with Crippen LogP contribution >= 0.6 is 34.3 Å². The van der Waals surface area contributed by atoms with Crippen molar-refractivity contribution >= 4 is 34.3 Å². The highest BCUT2D eigenvalue weighted by Crippen LogP contribution is 2.38. The van der Waals surface area contributed by atoms with Crippen LogP contribution < -0.4 is 5.32 Å². The number of aryl methyl sites for hydroxylation is 1. The number of halogens is 1. The average molecular weight is 302 g/mol. The number of hydrogen-bond acceptors (Lipinski definition) is 5. The molecular formula is C12H16ClN3S2. The number of hydrogen-bond donors (Lipinski definition) is 1. The second kappa shape index (κ2) is 6.10. The zero-order chi connectivity index (χ0) is 13.1. The molecule has 0 radical (unpaired) electrons. The molecule has 0 saturated heterocycles. The van der Waals surface area contributed by atoms with Gasteiger partial charge in [-0.25, -0.2) is 0 Å². The van der Waals surface area contributed by atoms with Gasteiger partial charge in [0.15, 0.2) is 5.01 Å². The molecule has 6 heteroatoms. The van der Waals surface area contributed by atoms with E-state index in [2.05, 4.69) is 34.7 Å². The first-order valence-electron chi connectivity index (χ1n) is 5.94. The molecule has 1 N–H and O–H groups in total. The van der Waals surface area contributed by atoms with Crippen molar-refractivity contribution in [1.82, 2.24) is 15.5 Å². The summed E-state index contributed by atoms with van der Waals surface area (Å²) in [5.74, 6) is 0. The predicted molar refractivity (Wildman–Crippen MR) is 79.7 cm³/mol. The van der Waals surface area contributed by atoms with E-state index in [1.807, 2.05) is 6.92 Å². The third-order valence-electron chi connectivity index (χ3n) is 2.60. The predicted octanol–water partition coefficient (Wildman–Crippen LogP) is 4.29. The smallest absolute Gasteiger partial charge is 0.159 e. The summed E-state index contributed by atoms with van der Waals surface area (Å²) in [6.45, 7) is 7.27. The van der Waals surface area contributed by atoms with E-state index >= 15 is 0 Å². The maximum atomic E-state index is 6.25. The third-order valence-corrected chi connectivity index (χ3v) is 5.56. The molecule has 18 heavy (non-hydrogen) atoms. The summed E-state index contributed by atoms with van der Waals surface area (Å²) in [6, 6.07) is 0.246. The molecule has 0 amide bonds. The Bertz CT molecular complexity index is 521. The molecule has 2 aromatic rings. The van der Waals surface area contributed by atoms with E-state index in [1.54, 1.807) is 22.7 Å². The van der Waals surface area contributed by atoms with Crippen LogP contribution in [-0.4, -0.2) is 16.7 Å². The first-order chi connectivity index (χ1) is 8.63. The van der Waals surface area contributed by atoms with Crippen LogP contribution in [0.15, 0.2) is 5.38 Å². The van der Waals surface area contributed by atoms with Crippen molar-refractivity contribution in [2.45, 2.75) is 33.2 Å². The molecule has 2 heterocycles. The number of thiophene rings is 1. The van der Waals surface area contributed by atoms with Crippen molar-refractivity contribution in [2.24, 2.45) is 0 Å². The minimum Gasteiger partial charge on any atom is -0.308 e. The fraction of sp³-hybridized carbons (Fsp3) is 0.500. The van der Waals surface area contributed by atoms with Crippen molar-refractivity contribution in [3.05, 3.63) is 21.0 Å². The van der Waals surface area contributed by atoms with Gasteiger partial charge in [-0.3, -0.25) is 0 Å². The molecule has 1 atom stereocenters. The lowest BCUT2D eigenvalue weighted by atomic mass is 10.3. The molecular weight excluding hydrogens is 286 g/mol. The standard InChI is InChI=1S/C12H16ClN3S2/c1-4-5-14-8(3)11-15-16-12(18-11)10-9(13)7(2)6-17-10/h6,8,14H,4-5H2,1-3H3. The SMILES string of the molecule is CCCNC(C)c1nnc(-c2scc(C)c2Cl)s1. The summed E-state index contributed by atoms with van der Waals surface area (Å²) < 4.78 is 0. The van der Waals surface area contributed by atoms with Crippen LogP contribution in [0.1, 0.15) is 36.9 Å². The Labute approximate surface area is 120 Å². The quantitative estimate of drug-likeness (QED) is 0.895. The van der Waals surface area contributed by atoms with Gasteiger partial charge in [0, 0.05) is 0 Å². The number of rotatable bonds is 5. The molecule has 0 bridgehead atoms. The molecule has 0 saturated carbocycles. The topological polar surface area (TPSA) is 37.8 Å². The van der Waals surface area contributed by atoms with Gasteiger partial charge in [0.05, 0.1) is 15.9 Å². The van der Waals surface area contributed by atoms with E-state index in [9.17, 15) is 0 Å². The highest BCUT2D eigenvalue weighted by molar-refractivity contribution is 7.21. The average Bonchev–Trinajstić information content (AvgIpc) is 2.95. The molecule has 0 fully saturated rings. The number of nitrogens with one attached hydrogen (secondary N) is 1. The Morgan fingerprint density at radius 3 is 2.83 bits per heavy atom. The van der Waals surface area contributed by atoms with Crippen molar-refractivity contribution < 1.29 is 0 Å². The summed E-state index contributed by atoms with van der Waals surface area (Å²) in [4.78, 5) is 1.03. The van der Waals surface area contributed by atoms with Crippen LogP contribution in [0.3, 0.4) is 0 Å². The molecule has 2 aromatic heterocycles. The van der Waals surface area contributed by atoms with Gasteiger partial charge in [0.2, 0.25) is 0 Å². The Morgan fingerprint density at radius 1 is 1.44 bits per heavy atom. The fourth-order valence-electron chi connectivity index (χ4n) is 1.52. The van der Waals surface area contributed by atoms with Gasteiger partial charge in [-0.15, -0.1) is 21.5 Å². The molecule has 0 aliphatic heterocycles. The zero-order valence-electron chi connectivity index (χ0n) is 10.7. The van der Waals surface area contributed by atoms with Gasteiger partial charge >= 0.3 is 0 Å². The Morgan fingerprint density at radius 2 is 2.22 bits per heavy atom. The molecule has 2 rings (SSSR count). The molecule has 0 spiro atoms. The Hall–Kier alpha value is -0.490. The normalized spacial score (nSPS) is 12.9. The Kier molecular flexibility index (Phi) is 4.72. The van der Waals surface area contributed by atoms with Crippen LogP contribution in [0.25, 0.3) is 9.88 Å². The summed E-state index contributed by atoms with van der Waals surface area (Å²) in [7, 11) is 0. The molecule has 0 aliphatic carbocycles. The first-order valence-corrected chi connectivity index (χ1v) is 8.01. The van der Waals surface area contributed by atoms with E-state index in [4.69, 9.17) is 11.6 Å². The van der Waals surface area contributed by atoms with E-state index in [-0.39, 0.29) is 6.04 Å². The van der Waals surface area contributed by atoms with Crippen LogP contribution in [0.4, 0.5) is 0 Å². The van der Waals surface area contributed by atoms with Crippen LogP contribution in [-0.2, 0) is 0 Å². The van der Waals surface area contributed by atoms with Crippen LogP contribution in [0, 0.1) is 6.92 Å². The maximum absolute atomic E-state index is 6.25. The lowest BCUT2D eigenvalue weighted by Gasteiger charge is -2.08. The minimum atomic E-state index is 0.246. The Balaban J connectivity index is 2.17. The zero-order valence-corrected chi connectivity index (χ0v) is 13.0. The summed E-state index contributed by atoms with van der Waals surface area (Å²) in [5.41, 5.74) is 1.10. The first kappa shape index (κ1) is 13.9. The van der Waals surface area contributed by atoms with Crippen molar-refractivity contribution in [3.63, 3.8) is 0 Å². The van der Waals surface area contributed by atoms with E-state index in [1.165, 1.54) is 0 Å². The lowest BCUT2D eigenvalue weighted by molar-refractivity contribution is 0.564. The van der Waals surface area contributed by atoms with Gasteiger partial charge in [-0.1, -0.05) is 29.9 Å². The second-order valence-corrected chi connectivity index (χ2v) is 6.45. The van der Waals surface area contributed by atoms with Crippen molar-refractivity contribution in [2.75, 3.05) is 6.54 Å². The highest BCUT2D eigenvalue weighted by Gasteiger charge is 2.16. The van der Waals surface area contributed by atoms with E-state index in [0.29, 0.717) is 0 Å². The molecule has 0 aromatic carbocycles. The van der Waals surface area contributed by atoms with Crippen molar-refractivity contribution in [1.29, 1.82) is 0 Å². The monoisotopic (exact) mass is 301 g/mol. The van der Waals surface area contributed by atoms with E-state index < -0.39 is 0 Å². The van der Waals surface area contributed by atoms with Gasteiger partial charge < -0.3 is 5.32 Å². The molecule has 1 unspecified atom stereocenters. The third kappa shape index (κ3) is 2.91. The highest BCUT2D eigenvalue weighted by atomic mass is 35.5. The van der Waals surface area contributed by atoms with Gasteiger partial charge in [-0.2, -0.15) is 0 Å². The molecule has 0 aliphatic rings. The minimum absolute atomic E-state index is 0.246. The number of nitrogens with zero attached hydrogens (tertiary/aromatic N) is 2. The van der Waals surface area contributed by atoms with Gasteiger partial charge in [0.25, 0.3) is 0 Å². The fourth-order valence-corrected chi connectivity index (χ4v) is 3.83. The van der Waals surface area contributed by atoms with Crippen LogP contribution in [0.2, 0.25) is 5.02 Å². The molecule has 3 nitrogen and oxygen atoms in total. The summed E-state index contributed by atoms with van der Waals surface area (Å²) in [6.07, 6.45) is 1.12. The van der Waals surface area contributed by atoms with Crippen LogP contribution in [0.5, 0.6) is 0 Å². The molecule has 98 valence electrons. The van der Waals surface area contributed by atoms with Gasteiger partial charge in [0.1, 0.15) is 5.01 Å². The number of aromatic nitrogens is 2. The maximum Gasteiger partial charge on any atom is 0.159 e. The van der Waals surface area contributed by atoms with Gasteiger partial charge in [-0.05, 0) is 37.8 Å². The largest absolute Gasteiger partial charge is 0.308 e.